The second-order valence-corrected chi connectivity index (χ2v) is 5.21. The highest BCUT2D eigenvalue weighted by molar-refractivity contribution is 6.30. The van der Waals surface area contributed by atoms with Crippen LogP contribution in [0.3, 0.4) is 0 Å². The first kappa shape index (κ1) is 13.7. The normalized spacial score (nSPS) is 23.3. The lowest BCUT2D eigenvalue weighted by Gasteiger charge is -2.27. The summed E-state index contributed by atoms with van der Waals surface area (Å²) < 4.78 is 0. The first-order valence-electron chi connectivity index (χ1n) is 6.08. The van der Waals surface area contributed by atoms with Gasteiger partial charge in [-0.1, -0.05) is 29.3 Å². The third kappa shape index (κ3) is 2.68. The summed E-state index contributed by atoms with van der Waals surface area (Å²) in [7, 11) is 0. The highest BCUT2D eigenvalue weighted by atomic mass is 35.5. The molecule has 1 aliphatic rings. The fourth-order valence-electron chi connectivity index (χ4n) is 2.62. The fraction of sp³-hybridized carbons (Fsp3) is 0.357. The van der Waals surface area contributed by atoms with Crippen molar-refractivity contribution in [2.24, 2.45) is 0 Å². The number of carbonyl (C=O) groups excluding carboxylic acids is 1. The van der Waals surface area contributed by atoms with Gasteiger partial charge in [0.05, 0.1) is 5.92 Å². The monoisotopic (exact) mass is 279 g/mol. The number of rotatable bonds is 3. The van der Waals surface area contributed by atoms with Crippen molar-refractivity contribution in [3.63, 3.8) is 0 Å². The predicted molar refractivity (Wildman–Crippen MR) is 73.0 cm³/mol. The average molecular weight is 280 g/mol. The molecule has 0 N–H and O–H groups in total. The van der Waals surface area contributed by atoms with E-state index in [1.165, 1.54) is 0 Å². The molecule has 4 nitrogen and oxygen atoms in total. The van der Waals surface area contributed by atoms with Crippen molar-refractivity contribution in [1.82, 2.24) is 0 Å². The molecule has 0 saturated carbocycles. The number of allylic oxidation sites excluding steroid dienone is 1. The Bertz CT molecular complexity index is 536. The Labute approximate surface area is 116 Å². The highest BCUT2D eigenvalue weighted by Gasteiger charge is 2.39. The number of aldehydes is 1. The molecule has 0 aromatic heterocycles. The van der Waals surface area contributed by atoms with Crippen molar-refractivity contribution in [3.05, 3.63) is 56.1 Å². The summed E-state index contributed by atoms with van der Waals surface area (Å²) in [6.07, 6.45) is 1.82. The lowest BCUT2D eigenvalue weighted by atomic mass is 9.76. The van der Waals surface area contributed by atoms with E-state index in [1.54, 1.807) is 24.3 Å². The zero-order valence-corrected chi connectivity index (χ0v) is 11.3. The number of hydrogen-bond donors (Lipinski definition) is 0. The summed E-state index contributed by atoms with van der Waals surface area (Å²) in [4.78, 5) is 22.2. The summed E-state index contributed by atoms with van der Waals surface area (Å²) in [5.74, 6) is -0.474. The van der Waals surface area contributed by atoms with E-state index in [9.17, 15) is 14.9 Å². The molecule has 0 heterocycles. The van der Waals surface area contributed by atoms with Gasteiger partial charge in [0.1, 0.15) is 6.29 Å². The van der Waals surface area contributed by atoms with Crippen molar-refractivity contribution in [2.75, 3.05) is 0 Å². The fourth-order valence-corrected chi connectivity index (χ4v) is 2.75. The zero-order chi connectivity index (χ0) is 14.0. The van der Waals surface area contributed by atoms with Crippen LogP contribution < -0.4 is 0 Å². The van der Waals surface area contributed by atoms with E-state index in [-0.39, 0.29) is 4.92 Å². The van der Waals surface area contributed by atoms with E-state index < -0.39 is 12.0 Å². The molecular weight excluding hydrogens is 266 g/mol. The Morgan fingerprint density at radius 3 is 2.53 bits per heavy atom. The second-order valence-electron chi connectivity index (χ2n) is 4.77. The Balaban J connectivity index is 2.50. The van der Waals surface area contributed by atoms with Gasteiger partial charge >= 0.3 is 0 Å². The van der Waals surface area contributed by atoms with Crippen LogP contribution >= 0.6 is 11.6 Å². The number of carbonyl (C=O) groups is 1. The summed E-state index contributed by atoms with van der Waals surface area (Å²) >= 11 is 5.83. The maximum absolute atomic E-state index is 11.3. The SMILES string of the molecule is CC1=C(C=O)[C@@H](c2ccc(Cl)cc2)[C@H]([N+](=O)[O-])CC1. The van der Waals surface area contributed by atoms with Crippen LogP contribution in [0.15, 0.2) is 35.4 Å². The van der Waals surface area contributed by atoms with Crippen molar-refractivity contribution in [2.45, 2.75) is 31.7 Å². The summed E-state index contributed by atoms with van der Waals surface area (Å²) in [5.41, 5.74) is 2.25. The van der Waals surface area contributed by atoms with Crippen molar-refractivity contribution in [3.8, 4) is 0 Å². The van der Waals surface area contributed by atoms with E-state index in [0.717, 1.165) is 17.4 Å². The summed E-state index contributed by atoms with van der Waals surface area (Å²) in [5, 5.41) is 11.8. The van der Waals surface area contributed by atoms with Crippen LogP contribution in [0.5, 0.6) is 0 Å². The highest BCUT2D eigenvalue weighted by Crippen LogP contribution is 2.38. The van der Waals surface area contributed by atoms with Gasteiger partial charge in [-0.25, -0.2) is 0 Å². The number of benzene rings is 1. The van der Waals surface area contributed by atoms with E-state index in [0.29, 0.717) is 23.4 Å². The quantitative estimate of drug-likeness (QED) is 0.484. The zero-order valence-electron chi connectivity index (χ0n) is 10.5. The number of hydrogen-bond acceptors (Lipinski definition) is 3. The molecule has 5 heteroatoms. The molecule has 1 aromatic carbocycles. The Kier molecular flexibility index (Phi) is 4.00. The van der Waals surface area contributed by atoms with Crippen molar-refractivity contribution in [1.29, 1.82) is 0 Å². The smallest absolute Gasteiger partial charge is 0.224 e. The van der Waals surface area contributed by atoms with Gasteiger partial charge in [0.15, 0.2) is 0 Å². The van der Waals surface area contributed by atoms with Gasteiger partial charge in [-0.2, -0.15) is 0 Å². The maximum Gasteiger partial charge on any atom is 0.224 e. The molecule has 0 fully saturated rings. The van der Waals surface area contributed by atoms with E-state index in [4.69, 9.17) is 11.6 Å². The van der Waals surface area contributed by atoms with Crippen LogP contribution in [0, 0.1) is 10.1 Å². The molecule has 0 radical (unpaired) electrons. The lowest BCUT2D eigenvalue weighted by Crippen LogP contribution is -2.32. The Morgan fingerprint density at radius 1 is 1.37 bits per heavy atom. The molecule has 2 rings (SSSR count). The topological polar surface area (TPSA) is 60.2 Å². The number of halogens is 1. The molecular formula is C14H14ClNO3. The first-order valence-corrected chi connectivity index (χ1v) is 6.46. The van der Waals surface area contributed by atoms with E-state index in [1.807, 2.05) is 6.92 Å². The molecule has 0 unspecified atom stereocenters. The minimum absolute atomic E-state index is 0.283. The van der Waals surface area contributed by atoms with Crippen LogP contribution in [0.1, 0.15) is 31.2 Å². The molecule has 0 amide bonds. The number of nitrogens with zero attached hydrogens (tertiary/aromatic N) is 1. The van der Waals surface area contributed by atoms with Gasteiger partial charge in [-0.05, 0) is 31.0 Å². The van der Waals surface area contributed by atoms with Crippen molar-refractivity contribution >= 4 is 17.9 Å². The predicted octanol–water partition coefficient (Wildman–Crippen LogP) is 3.38. The molecule has 19 heavy (non-hydrogen) atoms. The molecule has 1 aliphatic carbocycles. The lowest BCUT2D eigenvalue weighted by molar-refractivity contribution is -0.526. The van der Waals surface area contributed by atoms with Gasteiger partial charge in [-0.3, -0.25) is 14.9 Å². The van der Waals surface area contributed by atoms with Crippen LogP contribution in [0.4, 0.5) is 0 Å². The van der Waals surface area contributed by atoms with Crippen LogP contribution in [-0.2, 0) is 4.79 Å². The van der Waals surface area contributed by atoms with E-state index in [2.05, 4.69) is 0 Å². The van der Waals surface area contributed by atoms with Crippen LogP contribution in [0.2, 0.25) is 5.02 Å². The maximum atomic E-state index is 11.3. The van der Waals surface area contributed by atoms with Gasteiger partial charge in [-0.15, -0.1) is 0 Å². The minimum atomic E-state index is -0.745. The Hall–Kier alpha value is -1.68. The van der Waals surface area contributed by atoms with Crippen LogP contribution in [0.25, 0.3) is 0 Å². The molecule has 0 bridgehead atoms. The Morgan fingerprint density at radius 2 is 2.00 bits per heavy atom. The van der Waals surface area contributed by atoms with Crippen molar-refractivity contribution < 1.29 is 9.72 Å². The van der Waals surface area contributed by atoms with Gasteiger partial charge in [0, 0.05) is 21.9 Å². The molecule has 100 valence electrons. The molecule has 0 spiro atoms. The summed E-state index contributed by atoms with van der Waals surface area (Å²) in [6.45, 7) is 1.86. The third-order valence-corrected chi connectivity index (χ3v) is 3.91. The standard InChI is InChI=1S/C14H14ClNO3/c1-9-2-7-13(16(18)19)14(12(9)8-17)10-3-5-11(15)6-4-10/h3-6,8,13-14H,2,7H2,1H3/t13-,14-/m1/s1. The van der Waals surface area contributed by atoms with Gasteiger partial charge in [0.25, 0.3) is 0 Å². The largest absolute Gasteiger partial charge is 0.298 e. The third-order valence-electron chi connectivity index (χ3n) is 3.65. The first-order chi connectivity index (χ1) is 9.04. The van der Waals surface area contributed by atoms with Gasteiger partial charge < -0.3 is 0 Å². The molecule has 0 saturated heterocycles. The molecule has 0 aliphatic heterocycles. The van der Waals surface area contributed by atoms with Gasteiger partial charge in [0.2, 0.25) is 6.04 Å². The van der Waals surface area contributed by atoms with Crippen LogP contribution in [-0.4, -0.2) is 17.3 Å². The summed E-state index contributed by atoms with van der Waals surface area (Å²) in [6, 6.07) is 6.16. The number of nitro groups is 1. The molecule has 2 atom stereocenters. The average Bonchev–Trinajstić information content (AvgIpc) is 2.39. The second kappa shape index (κ2) is 5.53. The molecule has 1 aromatic rings. The minimum Gasteiger partial charge on any atom is -0.298 e. The van der Waals surface area contributed by atoms with E-state index >= 15 is 0 Å².